The van der Waals surface area contributed by atoms with Gasteiger partial charge in [-0.3, -0.25) is 4.79 Å². The molecule has 1 amide bonds. The zero-order chi connectivity index (χ0) is 19.5. The first kappa shape index (κ1) is 17.3. The standard InChI is InChI=1S/C22H23FN4O/c1-21(2)11-25-19(28)15-4-3-13(9-17(15)21)14-5-6-18-16(14)10-24-20(27-18)26-12-22(23)7-8-22/h3-5,9-10H,6-8,11-12H2,1-2H3,(H,25,28)(H,24,26,27). The first-order chi connectivity index (χ1) is 13.3. The number of aromatic nitrogens is 2. The van der Waals surface area contributed by atoms with Crippen LogP contribution in [0.4, 0.5) is 10.3 Å². The van der Waals surface area contributed by atoms with Crippen molar-refractivity contribution in [2.75, 3.05) is 18.4 Å². The predicted molar refractivity (Wildman–Crippen MR) is 106 cm³/mol. The van der Waals surface area contributed by atoms with E-state index in [-0.39, 0.29) is 17.9 Å². The van der Waals surface area contributed by atoms with Gasteiger partial charge in [0.15, 0.2) is 0 Å². The number of hydrogen-bond donors (Lipinski definition) is 2. The van der Waals surface area contributed by atoms with Gasteiger partial charge in [0, 0.05) is 35.7 Å². The number of nitrogens with zero attached hydrogens (tertiary/aromatic N) is 2. The van der Waals surface area contributed by atoms with Gasteiger partial charge < -0.3 is 10.6 Å². The Kier molecular flexibility index (Phi) is 3.63. The molecule has 1 aromatic carbocycles. The number of amides is 1. The molecule has 0 radical (unpaired) electrons. The molecule has 1 saturated carbocycles. The quantitative estimate of drug-likeness (QED) is 0.856. The number of alkyl halides is 1. The number of nitrogens with one attached hydrogen (secondary N) is 2. The van der Waals surface area contributed by atoms with E-state index in [1.165, 1.54) is 0 Å². The number of allylic oxidation sites excluding steroid dienone is 1. The van der Waals surface area contributed by atoms with Crippen LogP contribution in [0, 0.1) is 0 Å². The summed E-state index contributed by atoms with van der Waals surface area (Å²) in [4.78, 5) is 21.2. The van der Waals surface area contributed by atoms with Crippen LogP contribution >= 0.6 is 0 Å². The van der Waals surface area contributed by atoms with Crippen LogP contribution in [0.15, 0.2) is 30.5 Å². The van der Waals surface area contributed by atoms with Gasteiger partial charge in [-0.2, -0.15) is 0 Å². The molecule has 0 atom stereocenters. The third-order valence-corrected chi connectivity index (χ3v) is 6.01. The molecule has 2 aliphatic carbocycles. The number of fused-ring (bicyclic) bond motifs is 2. The summed E-state index contributed by atoms with van der Waals surface area (Å²) in [5.74, 6) is 0.475. The van der Waals surface area contributed by atoms with Crippen molar-refractivity contribution in [1.82, 2.24) is 15.3 Å². The number of anilines is 1. The number of benzene rings is 1. The maximum absolute atomic E-state index is 13.8. The second-order valence-electron chi connectivity index (χ2n) is 8.71. The second-order valence-corrected chi connectivity index (χ2v) is 8.71. The van der Waals surface area contributed by atoms with Gasteiger partial charge in [-0.05, 0) is 41.7 Å². The number of halogens is 1. The minimum atomic E-state index is -1.08. The fourth-order valence-electron chi connectivity index (χ4n) is 3.98. The maximum atomic E-state index is 13.8. The largest absolute Gasteiger partial charge is 0.351 e. The molecule has 2 heterocycles. The van der Waals surface area contributed by atoms with Crippen LogP contribution < -0.4 is 10.6 Å². The van der Waals surface area contributed by atoms with Gasteiger partial charge in [0.05, 0.1) is 12.2 Å². The maximum Gasteiger partial charge on any atom is 0.251 e. The average Bonchev–Trinajstić information content (AvgIpc) is 3.27. The van der Waals surface area contributed by atoms with Crippen molar-refractivity contribution in [3.63, 3.8) is 0 Å². The normalized spacial score (nSPS) is 20.7. The molecule has 0 unspecified atom stereocenters. The van der Waals surface area contributed by atoms with Gasteiger partial charge >= 0.3 is 0 Å². The Balaban J connectivity index is 1.44. The Morgan fingerprint density at radius 3 is 2.86 bits per heavy atom. The molecule has 28 heavy (non-hydrogen) atoms. The van der Waals surface area contributed by atoms with Crippen molar-refractivity contribution < 1.29 is 9.18 Å². The Hall–Kier alpha value is -2.76. The average molecular weight is 378 g/mol. The van der Waals surface area contributed by atoms with Crippen molar-refractivity contribution in [2.24, 2.45) is 0 Å². The van der Waals surface area contributed by atoms with E-state index < -0.39 is 5.67 Å². The van der Waals surface area contributed by atoms with Crippen LogP contribution in [0.3, 0.4) is 0 Å². The van der Waals surface area contributed by atoms with E-state index in [2.05, 4.69) is 46.6 Å². The number of carbonyl (C=O) groups is 1. The van der Waals surface area contributed by atoms with Gasteiger partial charge in [0.25, 0.3) is 5.91 Å². The van der Waals surface area contributed by atoms with Crippen LogP contribution in [0.2, 0.25) is 0 Å². The van der Waals surface area contributed by atoms with E-state index >= 15 is 0 Å². The predicted octanol–water partition coefficient (Wildman–Crippen LogP) is 3.40. The van der Waals surface area contributed by atoms with Crippen molar-refractivity contribution in [3.05, 3.63) is 58.4 Å². The molecule has 6 heteroatoms. The summed E-state index contributed by atoms with van der Waals surface area (Å²) in [6.07, 6.45) is 5.92. The van der Waals surface area contributed by atoms with Crippen LogP contribution in [0.25, 0.3) is 5.57 Å². The number of hydrogen-bond acceptors (Lipinski definition) is 4. The highest BCUT2D eigenvalue weighted by atomic mass is 19.1. The van der Waals surface area contributed by atoms with Crippen LogP contribution in [0.5, 0.6) is 0 Å². The van der Waals surface area contributed by atoms with Gasteiger partial charge in [-0.15, -0.1) is 0 Å². The minimum Gasteiger partial charge on any atom is -0.351 e. The van der Waals surface area contributed by atoms with Gasteiger partial charge in [0.2, 0.25) is 5.95 Å². The summed E-state index contributed by atoms with van der Waals surface area (Å²) in [6.45, 7) is 5.19. The summed E-state index contributed by atoms with van der Waals surface area (Å²) in [5.41, 5.74) is 4.75. The Morgan fingerprint density at radius 1 is 1.25 bits per heavy atom. The Morgan fingerprint density at radius 2 is 2.07 bits per heavy atom. The summed E-state index contributed by atoms with van der Waals surface area (Å²) in [7, 11) is 0. The smallest absolute Gasteiger partial charge is 0.251 e. The van der Waals surface area contributed by atoms with E-state index in [1.807, 2.05) is 18.3 Å². The third-order valence-electron chi connectivity index (χ3n) is 6.01. The Labute approximate surface area is 163 Å². The van der Waals surface area contributed by atoms with Gasteiger partial charge in [-0.25, -0.2) is 14.4 Å². The molecule has 0 spiro atoms. The lowest BCUT2D eigenvalue weighted by Gasteiger charge is -2.33. The topological polar surface area (TPSA) is 66.9 Å². The highest BCUT2D eigenvalue weighted by Gasteiger charge is 2.43. The van der Waals surface area contributed by atoms with Gasteiger partial charge in [0.1, 0.15) is 5.67 Å². The molecule has 1 aliphatic heterocycles. The second kappa shape index (κ2) is 5.87. The first-order valence-corrected chi connectivity index (χ1v) is 9.77. The summed E-state index contributed by atoms with van der Waals surface area (Å²) in [6, 6.07) is 6.03. The fraction of sp³-hybridized carbons (Fsp3) is 0.409. The van der Waals surface area contributed by atoms with E-state index in [0.717, 1.165) is 39.9 Å². The molecule has 2 aromatic rings. The molecular formula is C22H23FN4O. The molecule has 144 valence electrons. The van der Waals surface area contributed by atoms with Crippen molar-refractivity contribution in [2.45, 2.75) is 44.2 Å². The van der Waals surface area contributed by atoms with Crippen molar-refractivity contribution in [1.29, 1.82) is 0 Å². The van der Waals surface area contributed by atoms with Crippen LogP contribution in [-0.2, 0) is 11.8 Å². The van der Waals surface area contributed by atoms with E-state index in [4.69, 9.17) is 0 Å². The molecule has 5 rings (SSSR count). The summed E-state index contributed by atoms with van der Waals surface area (Å²) >= 11 is 0. The lowest BCUT2D eigenvalue weighted by molar-refractivity contribution is 0.0930. The van der Waals surface area contributed by atoms with Crippen molar-refractivity contribution >= 4 is 17.4 Å². The highest BCUT2D eigenvalue weighted by Crippen LogP contribution is 2.40. The summed E-state index contributed by atoms with van der Waals surface area (Å²) in [5, 5.41) is 5.98. The molecular weight excluding hydrogens is 355 g/mol. The number of carbonyl (C=O) groups excluding carboxylic acids is 1. The Bertz CT molecular complexity index is 1020. The summed E-state index contributed by atoms with van der Waals surface area (Å²) < 4.78 is 13.8. The van der Waals surface area contributed by atoms with Gasteiger partial charge in [-0.1, -0.05) is 26.0 Å². The molecule has 2 N–H and O–H groups in total. The fourth-order valence-corrected chi connectivity index (χ4v) is 3.98. The zero-order valence-electron chi connectivity index (χ0n) is 16.1. The molecule has 3 aliphatic rings. The highest BCUT2D eigenvalue weighted by molar-refractivity contribution is 5.98. The van der Waals surface area contributed by atoms with E-state index in [0.29, 0.717) is 25.3 Å². The first-order valence-electron chi connectivity index (χ1n) is 9.77. The lowest BCUT2D eigenvalue weighted by Crippen LogP contribution is -2.43. The van der Waals surface area contributed by atoms with Crippen molar-refractivity contribution in [3.8, 4) is 0 Å². The molecule has 0 saturated heterocycles. The zero-order valence-corrected chi connectivity index (χ0v) is 16.1. The number of rotatable bonds is 4. The van der Waals surface area contributed by atoms with E-state index in [1.54, 1.807) is 0 Å². The molecule has 1 aromatic heterocycles. The van der Waals surface area contributed by atoms with Crippen LogP contribution in [-0.4, -0.2) is 34.6 Å². The third kappa shape index (κ3) is 2.87. The van der Waals surface area contributed by atoms with Crippen LogP contribution in [0.1, 0.15) is 59.4 Å². The lowest BCUT2D eigenvalue weighted by atomic mass is 9.77. The monoisotopic (exact) mass is 378 g/mol. The SMILES string of the molecule is CC1(C)CNC(=O)c2ccc(C3=CCc4nc(NCC5(F)CC5)ncc43)cc21. The molecule has 1 fully saturated rings. The molecule has 5 nitrogen and oxygen atoms in total. The molecule has 0 bridgehead atoms. The van der Waals surface area contributed by atoms with E-state index in [9.17, 15) is 9.18 Å². The minimum absolute atomic E-state index is 0.0120.